The van der Waals surface area contributed by atoms with Crippen LogP contribution in [0.4, 0.5) is 5.69 Å². The first-order valence-electron chi connectivity index (χ1n) is 14.4. The number of halogens is 2. The minimum atomic E-state index is -0.431. The Hall–Kier alpha value is -4.32. The fourth-order valence-corrected chi connectivity index (χ4v) is 8.38. The maximum Gasteiger partial charge on any atom is 0.271 e. The number of hydrogen-bond donors (Lipinski definition) is 0. The fraction of sp³-hybridized carbons (Fsp3) is 0.143. The number of rotatable bonds is 7. The molecule has 1 aliphatic carbocycles. The summed E-state index contributed by atoms with van der Waals surface area (Å²) in [5.74, 6) is 1.35. The van der Waals surface area contributed by atoms with E-state index < -0.39 is 4.92 Å². The number of benzene rings is 4. The van der Waals surface area contributed by atoms with Gasteiger partial charge in [-0.1, -0.05) is 47.7 Å². The van der Waals surface area contributed by atoms with Crippen molar-refractivity contribution >= 4 is 60.7 Å². The highest BCUT2D eigenvalue weighted by molar-refractivity contribution is 9.11. The summed E-state index contributed by atoms with van der Waals surface area (Å²) >= 11 is 8.62. The molecule has 0 saturated heterocycles. The van der Waals surface area contributed by atoms with Gasteiger partial charge in [0.05, 0.1) is 37.2 Å². The maximum absolute atomic E-state index is 14.2. The van der Waals surface area contributed by atoms with Gasteiger partial charge in [-0.25, -0.2) is 4.99 Å². The van der Waals surface area contributed by atoms with E-state index in [1.807, 2.05) is 53.1 Å². The molecule has 0 amide bonds. The number of non-ortho nitro benzene ring substituents is 1. The number of nitro benzene ring substituents is 1. The van der Waals surface area contributed by atoms with Gasteiger partial charge >= 0.3 is 0 Å². The summed E-state index contributed by atoms with van der Waals surface area (Å²) < 4.78 is 15.3. The van der Waals surface area contributed by atoms with E-state index in [-0.39, 0.29) is 23.9 Å². The molecule has 11 heteroatoms. The molecule has 1 atom stereocenters. The van der Waals surface area contributed by atoms with Crippen molar-refractivity contribution in [3.8, 4) is 11.5 Å². The lowest BCUT2D eigenvalue weighted by atomic mass is 9.83. The Balaban J connectivity index is 1.27. The van der Waals surface area contributed by atoms with Gasteiger partial charge in [0, 0.05) is 17.7 Å². The molecule has 0 fully saturated rings. The van der Waals surface area contributed by atoms with Crippen LogP contribution in [0.3, 0.4) is 0 Å². The zero-order chi connectivity index (χ0) is 31.9. The van der Waals surface area contributed by atoms with E-state index in [0.29, 0.717) is 24.0 Å². The number of ether oxygens (including phenoxy) is 2. The zero-order valence-electron chi connectivity index (χ0n) is 24.4. The van der Waals surface area contributed by atoms with Crippen molar-refractivity contribution in [2.75, 3.05) is 7.11 Å². The highest BCUT2D eigenvalue weighted by Crippen LogP contribution is 2.41. The number of nitro groups is 1. The average Bonchev–Trinajstić information content (AvgIpc) is 3.37. The summed E-state index contributed by atoms with van der Waals surface area (Å²) in [7, 11) is 1.64. The Morgan fingerprint density at radius 3 is 2.43 bits per heavy atom. The van der Waals surface area contributed by atoms with E-state index >= 15 is 0 Å². The second-order valence-corrected chi connectivity index (χ2v) is 13.6. The third kappa shape index (κ3) is 5.63. The lowest BCUT2D eigenvalue weighted by molar-refractivity contribution is -0.384. The third-order valence-corrected chi connectivity index (χ3v) is 10.3. The molecule has 5 aromatic rings. The van der Waals surface area contributed by atoms with Gasteiger partial charge < -0.3 is 9.47 Å². The number of allylic oxidation sites excluding steroid dienone is 1. The Bertz CT molecular complexity index is 2200. The van der Waals surface area contributed by atoms with Crippen molar-refractivity contribution in [1.82, 2.24) is 4.57 Å². The highest BCUT2D eigenvalue weighted by atomic mass is 79.9. The van der Waals surface area contributed by atoms with Crippen molar-refractivity contribution < 1.29 is 14.4 Å². The zero-order valence-corrected chi connectivity index (χ0v) is 28.4. The molecule has 0 N–H and O–H groups in total. The summed E-state index contributed by atoms with van der Waals surface area (Å²) in [6.45, 7) is 0.228. The molecule has 2 aliphatic rings. The predicted octanol–water partition coefficient (Wildman–Crippen LogP) is 7.34. The number of aryl methyl sites for hydroxylation is 1. The minimum Gasteiger partial charge on any atom is -0.497 e. The van der Waals surface area contributed by atoms with Crippen LogP contribution in [0.1, 0.15) is 40.3 Å². The van der Waals surface area contributed by atoms with Gasteiger partial charge in [-0.15, -0.1) is 0 Å². The van der Waals surface area contributed by atoms with Crippen molar-refractivity contribution in [1.29, 1.82) is 0 Å². The van der Waals surface area contributed by atoms with Crippen molar-refractivity contribution in [3.63, 3.8) is 0 Å². The molecule has 230 valence electrons. The first-order valence-corrected chi connectivity index (χ1v) is 16.8. The topological polar surface area (TPSA) is 96.0 Å². The number of aromatic nitrogens is 1. The molecule has 1 aromatic heterocycles. The molecule has 0 spiro atoms. The van der Waals surface area contributed by atoms with Crippen molar-refractivity contribution in [2.24, 2.45) is 4.99 Å². The van der Waals surface area contributed by atoms with Crippen LogP contribution in [0.25, 0.3) is 11.8 Å². The largest absolute Gasteiger partial charge is 0.497 e. The van der Waals surface area contributed by atoms with E-state index in [4.69, 9.17) is 14.5 Å². The van der Waals surface area contributed by atoms with Crippen molar-refractivity contribution in [2.45, 2.75) is 25.5 Å². The minimum absolute atomic E-state index is 0.0288. The summed E-state index contributed by atoms with van der Waals surface area (Å²) in [6, 6.07) is 26.1. The van der Waals surface area contributed by atoms with Crippen LogP contribution in [0.5, 0.6) is 11.5 Å². The SMILES string of the molecule is COc1ccc([C@H]2C3=C(N=c4s/c(=C\c5cc(Br)c(OCc6ccc([N+](=O)[O-])cc6)c(Br)c5)c(=O)n42)c2ccccc2CC3)cc1. The molecular weight excluding hydrogens is 734 g/mol. The van der Waals surface area contributed by atoms with Gasteiger partial charge in [0.1, 0.15) is 18.1 Å². The summed E-state index contributed by atoms with van der Waals surface area (Å²) in [4.78, 5) is 30.4. The number of hydrogen-bond acceptors (Lipinski definition) is 7. The highest BCUT2D eigenvalue weighted by Gasteiger charge is 2.32. The number of thiazole rings is 1. The molecule has 2 heterocycles. The number of methoxy groups -OCH3 is 1. The van der Waals surface area contributed by atoms with Crippen LogP contribution in [0.2, 0.25) is 0 Å². The molecule has 4 aromatic carbocycles. The molecule has 0 radical (unpaired) electrons. The normalized spacial score (nSPS) is 15.5. The molecule has 0 saturated carbocycles. The van der Waals surface area contributed by atoms with E-state index in [2.05, 4.69) is 50.1 Å². The average molecular weight is 759 g/mol. The van der Waals surface area contributed by atoms with Crippen LogP contribution in [-0.4, -0.2) is 16.6 Å². The number of nitrogens with zero attached hydrogens (tertiary/aromatic N) is 3. The Morgan fingerprint density at radius 2 is 1.74 bits per heavy atom. The quantitative estimate of drug-likeness (QED) is 0.128. The van der Waals surface area contributed by atoms with E-state index in [1.54, 1.807) is 19.2 Å². The van der Waals surface area contributed by atoms with Crippen LogP contribution in [-0.2, 0) is 13.0 Å². The van der Waals surface area contributed by atoms with Crippen LogP contribution < -0.4 is 24.4 Å². The molecule has 46 heavy (non-hydrogen) atoms. The van der Waals surface area contributed by atoms with Gasteiger partial charge in [-0.05, 0) is 115 Å². The maximum atomic E-state index is 14.2. The molecule has 0 bridgehead atoms. The van der Waals surface area contributed by atoms with Crippen LogP contribution in [0, 0.1) is 10.1 Å². The number of fused-ring (bicyclic) bond motifs is 3. The lowest BCUT2D eigenvalue weighted by Gasteiger charge is -2.30. The molecular formula is C35H25Br2N3O5S. The van der Waals surface area contributed by atoms with Crippen LogP contribution in [0.15, 0.2) is 109 Å². The summed E-state index contributed by atoms with van der Waals surface area (Å²) in [5.41, 5.74) is 7.03. The Labute approximate surface area is 284 Å². The van der Waals surface area contributed by atoms with E-state index in [9.17, 15) is 14.9 Å². The molecule has 7 rings (SSSR count). The predicted molar refractivity (Wildman–Crippen MR) is 185 cm³/mol. The first kappa shape index (κ1) is 30.3. The molecule has 8 nitrogen and oxygen atoms in total. The first-order chi connectivity index (χ1) is 22.3. The Morgan fingerprint density at radius 1 is 1.02 bits per heavy atom. The smallest absolute Gasteiger partial charge is 0.271 e. The van der Waals surface area contributed by atoms with Gasteiger partial charge in [0.15, 0.2) is 4.80 Å². The van der Waals surface area contributed by atoms with Gasteiger partial charge in [-0.3, -0.25) is 19.5 Å². The van der Waals surface area contributed by atoms with Gasteiger partial charge in [-0.2, -0.15) is 0 Å². The van der Waals surface area contributed by atoms with Gasteiger partial charge in [0.25, 0.3) is 11.2 Å². The van der Waals surface area contributed by atoms with Crippen LogP contribution >= 0.6 is 43.2 Å². The lowest BCUT2D eigenvalue weighted by Crippen LogP contribution is -2.38. The standard InChI is InChI=1S/C35H25Br2N3O5S/c1-44-25-13-8-23(9-14-25)32-27-15-10-22-4-2-3-5-26(22)31(27)38-35-39(32)34(41)30(46-35)18-21-16-28(36)33(29(37)17-21)45-19-20-6-11-24(12-7-20)40(42)43/h2-9,11-14,16-18,32H,10,15,19H2,1H3/b30-18-/t32-/m0/s1. The van der Waals surface area contributed by atoms with Crippen molar-refractivity contribution in [3.05, 3.63) is 157 Å². The third-order valence-electron chi connectivity index (χ3n) is 8.15. The van der Waals surface area contributed by atoms with E-state index in [1.165, 1.54) is 29.0 Å². The second kappa shape index (κ2) is 12.5. The Kier molecular flexibility index (Phi) is 8.22. The van der Waals surface area contributed by atoms with E-state index in [0.717, 1.165) is 52.1 Å². The second-order valence-electron chi connectivity index (χ2n) is 10.9. The molecule has 1 aliphatic heterocycles. The fourth-order valence-electron chi connectivity index (χ4n) is 5.93. The summed E-state index contributed by atoms with van der Waals surface area (Å²) in [6.07, 6.45) is 3.58. The summed E-state index contributed by atoms with van der Waals surface area (Å²) in [5, 5.41) is 11.0. The van der Waals surface area contributed by atoms with Gasteiger partial charge in [0.2, 0.25) is 0 Å². The molecule has 0 unspecified atom stereocenters. The monoisotopic (exact) mass is 757 g/mol.